The van der Waals surface area contributed by atoms with Gasteiger partial charge in [-0.25, -0.2) is 15.2 Å². The zero-order valence-electron chi connectivity index (χ0n) is 15.3. The molecular weight excluding hydrogens is 345 g/mol. The first-order valence-corrected chi connectivity index (χ1v) is 9.33. The van der Waals surface area contributed by atoms with E-state index in [1.54, 1.807) is 18.2 Å². The van der Waals surface area contributed by atoms with Crippen LogP contribution in [0.25, 0.3) is 0 Å². The fourth-order valence-electron chi connectivity index (χ4n) is 3.87. The number of amides is 1. The minimum atomic E-state index is -0.399. The van der Waals surface area contributed by atoms with Crippen LogP contribution in [0.5, 0.6) is 0 Å². The van der Waals surface area contributed by atoms with Gasteiger partial charge >= 0.3 is 0 Å². The molecule has 0 bridgehead atoms. The Balaban J connectivity index is 1.40. The molecule has 2 aliphatic heterocycles. The van der Waals surface area contributed by atoms with Crippen LogP contribution in [0, 0.1) is 12.7 Å². The summed E-state index contributed by atoms with van der Waals surface area (Å²) in [6.45, 7) is 4.20. The molecule has 7 heteroatoms. The molecule has 1 aromatic heterocycles. The number of carbonyl (C=O) groups is 1. The molecule has 1 saturated heterocycles. The Kier molecular flexibility index (Phi) is 5.15. The zero-order valence-corrected chi connectivity index (χ0v) is 15.3. The molecule has 1 aromatic carbocycles. The van der Waals surface area contributed by atoms with Gasteiger partial charge in [-0.3, -0.25) is 9.78 Å². The van der Waals surface area contributed by atoms with Crippen molar-refractivity contribution in [3.05, 3.63) is 64.2 Å². The number of nitrogens with one attached hydrogen (secondary N) is 4. The highest BCUT2D eigenvalue weighted by Gasteiger charge is 2.31. The maximum absolute atomic E-state index is 14.0. The molecule has 2 unspecified atom stereocenters. The summed E-state index contributed by atoms with van der Waals surface area (Å²) in [5.74, 6) is -0.351. The predicted octanol–water partition coefficient (Wildman–Crippen LogP) is 1.40. The highest BCUT2D eigenvalue weighted by atomic mass is 19.1. The van der Waals surface area contributed by atoms with Crippen LogP contribution in [-0.4, -0.2) is 23.5 Å². The molecule has 0 saturated carbocycles. The van der Waals surface area contributed by atoms with E-state index in [4.69, 9.17) is 0 Å². The van der Waals surface area contributed by atoms with Crippen molar-refractivity contribution in [1.82, 2.24) is 26.5 Å². The van der Waals surface area contributed by atoms with Crippen molar-refractivity contribution >= 4 is 5.91 Å². The lowest BCUT2D eigenvalue weighted by Gasteiger charge is -2.22. The molecule has 2 aliphatic rings. The van der Waals surface area contributed by atoms with Crippen molar-refractivity contribution in [1.29, 1.82) is 0 Å². The fourth-order valence-corrected chi connectivity index (χ4v) is 3.87. The molecular formula is C20H24FN5O. The lowest BCUT2D eigenvalue weighted by atomic mass is 9.96. The molecule has 2 aromatic rings. The summed E-state index contributed by atoms with van der Waals surface area (Å²) in [4.78, 5) is 17.1. The first-order valence-electron chi connectivity index (χ1n) is 9.33. The van der Waals surface area contributed by atoms with Gasteiger partial charge in [-0.1, -0.05) is 18.2 Å². The molecule has 6 nitrogen and oxygen atoms in total. The number of nitrogens with zero attached hydrogens (tertiary/aromatic N) is 1. The van der Waals surface area contributed by atoms with E-state index in [1.165, 1.54) is 17.2 Å². The van der Waals surface area contributed by atoms with Gasteiger partial charge < -0.3 is 10.6 Å². The monoisotopic (exact) mass is 369 g/mol. The molecule has 142 valence electrons. The number of hydrogen-bond donors (Lipinski definition) is 4. The Morgan fingerprint density at radius 2 is 2.19 bits per heavy atom. The average Bonchev–Trinajstić information content (AvgIpc) is 3.17. The zero-order chi connectivity index (χ0) is 18.8. The molecule has 1 fully saturated rings. The molecule has 1 amide bonds. The van der Waals surface area contributed by atoms with Gasteiger partial charge in [0, 0.05) is 30.5 Å². The quantitative estimate of drug-likeness (QED) is 0.655. The van der Waals surface area contributed by atoms with Gasteiger partial charge in [0.15, 0.2) is 0 Å². The van der Waals surface area contributed by atoms with Crippen LogP contribution >= 0.6 is 0 Å². The normalized spacial score (nSPS) is 21.7. The number of halogens is 1. The molecule has 4 rings (SSSR count). The second-order valence-electron chi connectivity index (χ2n) is 7.12. The van der Waals surface area contributed by atoms with E-state index in [0.29, 0.717) is 18.5 Å². The summed E-state index contributed by atoms with van der Waals surface area (Å²) in [7, 11) is 0. The number of carbonyl (C=O) groups excluding carboxylic acids is 1. The summed E-state index contributed by atoms with van der Waals surface area (Å²) >= 11 is 0. The SMILES string of the molecule is Cc1ncc2c(c1CNC(=O)C1CC(c3ccccc3F)NN1)CCNC2. The maximum Gasteiger partial charge on any atom is 0.238 e. The Labute approximate surface area is 157 Å². The van der Waals surface area contributed by atoms with Crippen molar-refractivity contribution in [2.75, 3.05) is 6.54 Å². The van der Waals surface area contributed by atoms with Gasteiger partial charge in [-0.15, -0.1) is 0 Å². The number of benzene rings is 1. The summed E-state index contributed by atoms with van der Waals surface area (Å²) in [5.41, 5.74) is 11.2. The van der Waals surface area contributed by atoms with Crippen LogP contribution in [0.2, 0.25) is 0 Å². The number of pyridine rings is 1. The van der Waals surface area contributed by atoms with E-state index in [-0.39, 0.29) is 17.8 Å². The first-order chi connectivity index (χ1) is 13.1. The number of fused-ring (bicyclic) bond motifs is 1. The molecule has 4 N–H and O–H groups in total. The smallest absolute Gasteiger partial charge is 0.238 e. The summed E-state index contributed by atoms with van der Waals surface area (Å²) in [6.07, 6.45) is 3.37. The van der Waals surface area contributed by atoms with Crippen molar-refractivity contribution in [3.8, 4) is 0 Å². The Morgan fingerprint density at radius 1 is 1.33 bits per heavy atom. The predicted molar refractivity (Wildman–Crippen MR) is 100 cm³/mol. The molecule has 0 spiro atoms. The van der Waals surface area contributed by atoms with Crippen LogP contribution in [0.3, 0.4) is 0 Å². The van der Waals surface area contributed by atoms with Gasteiger partial charge in [-0.2, -0.15) is 0 Å². The van der Waals surface area contributed by atoms with E-state index >= 15 is 0 Å². The van der Waals surface area contributed by atoms with Gasteiger partial charge in [0.2, 0.25) is 5.91 Å². The topological polar surface area (TPSA) is 78.1 Å². The molecule has 3 heterocycles. The largest absolute Gasteiger partial charge is 0.351 e. The maximum atomic E-state index is 14.0. The van der Waals surface area contributed by atoms with Crippen LogP contribution in [0.15, 0.2) is 30.5 Å². The second kappa shape index (κ2) is 7.72. The second-order valence-corrected chi connectivity index (χ2v) is 7.12. The number of aromatic nitrogens is 1. The first kappa shape index (κ1) is 18.0. The number of rotatable bonds is 4. The third-order valence-electron chi connectivity index (χ3n) is 5.41. The number of hydrazine groups is 1. The number of hydrogen-bond acceptors (Lipinski definition) is 5. The standard InChI is InChI=1S/C20H24FN5O/c1-12-16(14-6-7-22-9-13(14)10-23-12)11-24-20(27)19-8-18(25-26-19)15-4-2-3-5-17(15)21/h2-5,10,18-19,22,25-26H,6-9,11H2,1H3,(H,24,27). The highest BCUT2D eigenvalue weighted by molar-refractivity contribution is 5.82. The van der Waals surface area contributed by atoms with Gasteiger partial charge in [0.25, 0.3) is 0 Å². The van der Waals surface area contributed by atoms with E-state index in [1.807, 2.05) is 13.1 Å². The molecule has 2 atom stereocenters. The lowest BCUT2D eigenvalue weighted by Crippen LogP contribution is -2.43. The van der Waals surface area contributed by atoms with Gasteiger partial charge in [0.05, 0.1) is 6.04 Å². The summed E-state index contributed by atoms with van der Waals surface area (Å²) in [5, 5.41) is 6.37. The van der Waals surface area contributed by atoms with Gasteiger partial charge in [-0.05, 0) is 49.1 Å². The Bertz CT molecular complexity index is 856. The van der Waals surface area contributed by atoms with Crippen LogP contribution in [0.1, 0.15) is 40.4 Å². The van der Waals surface area contributed by atoms with Crippen molar-refractivity contribution < 1.29 is 9.18 Å². The minimum absolute atomic E-state index is 0.0905. The average molecular weight is 369 g/mol. The van der Waals surface area contributed by atoms with Crippen molar-refractivity contribution in [2.24, 2.45) is 0 Å². The van der Waals surface area contributed by atoms with Crippen molar-refractivity contribution in [3.63, 3.8) is 0 Å². The van der Waals surface area contributed by atoms with Gasteiger partial charge in [0.1, 0.15) is 11.9 Å². The van der Waals surface area contributed by atoms with E-state index in [9.17, 15) is 9.18 Å². The van der Waals surface area contributed by atoms with E-state index in [2.05, 4.69) is 26.5 Å². The Hall–Kier alpha value is -2.35. The summed E-state index contributed by atoms with van der Waals surface area (Å²) < 4.78 is 14.0. The minimum Gasteiger partial charge on any atom is -0.351 e. The third-order valence-corrected chi connectivity index (χ3v) is 5.41. The third kappa shape index (κ3) is 3.71. The van der Waals surface area contributed by atoms with Crippen molar-refractivity contribution in [2.45, 2.75) is 44.9 Å². The van der Waals surface area contributed by atoms with Crippen LogP contribution < -0.4 is 21.5 Å². The van der Waals surface area contributed by atoms with E-state index < -0.39 is 6.04 Å². The van der Waals surface area contributed by atoms with Crippen LogP contribution in [-0.2, 0) is 24.3 Å². The van der Waals surface area contributed by atoms with Crippen LogP contribution in [0.4, 0.5) is 4.39 Å². The molecule has 0 radical (unpaired) electrons. The highest BCUT2D eigenvalue weighted by Crippen LogP contribution is 2.25. The van der Waals surface area contributed by atoms with E-state index in [0.717, 1.165) is 30.8 Å². The lowest BCUT2D eigenvalue weighted by molar-refractivity contribution is -0.123. The molecule has 0 aliphatic carbocycles. The summed E-state index contributed by atoms with van der Waals surface area (Å²) in [6, 6.07) is 6.03. The fraction of sp³-hybridized carbons (Fsp3) is 0.400. The Morgan fingerprint density at radius 3 is 3.04 bits per heavy atom. The number of aryl methyl sites for hydroxylation is 1. The molecule has 27 heavy (non-hydrogen) atoms.